The Hall–Kier alpha value is 0.880. The van der Waals surface area contributed by atoms with Gasteiger partial charge in [-0.2, -0.15) is 0 Å². The third kappa shape index (κ3) is 2.88. The molecule has 0 rings (SSSR count). The lowest BCUT2D eigenvalue weighted by molar-refractivity contribution is -0.0265. The zero-order chi connectivity index (χ0) is 3.41. The summed E-state index contributed by atoms with van der Waals surface area (Å²) in [4.78, 5) is 0. The molecule has 0 N–H and O–H groups in total. The molecule has 0 atom stereocenters. The summed E-state index contributed by atoms with van der Waals surface area (Å²) in [5.41, 5.74) is 0. The van der Waals surface area contributed by atoms with E-state index in [-0.39, 0.29) is 0 Å². The highest BCUT2D eigenvalue weighted by Crippen LogP contribution is 1.89. The average molecular weight is 192 g/mol. The Kier molecular flexibility index (Phi) is 4.73. The molecular weight excluding hydrogens is 192 g/mol. The molecule has 0 spiro atoms. The molecule has 0 bridgehead atoms. The maximum absolute atomic E-state index is 3.77. The van der Waals surface area contributed by atoms with E-state index >= 15 is 0 Å². The van der Waals surface area contributed by atoms with E-state index in [1.54, 1.807) is 0 Å². The fourth-order valence-corrected chi connectivity index (χ4v) is 0. The van der Waals surface area contributed by atoms with E-state index in [1.807, 2.05) is 0 Å². The molecule has 0 aromatic carbocycles. The lowest BCUT2D eigenvalue weighted by atomic mass is 15.0. The third-order valence-corrected chi connectivity index (χ3v) is 0.643. The molecule has 0 heterocycles. The van der Waals surface area contributed by atoms with Crippen LogP contribution in [0.5, 0.6) is 0 Å². The lowest BCUT2D eigenvalue weighted by Gasteiger charge is -1.69. The molecule has 4 heavy (non-hydrogen) atoms. The summed E-state index contributed by atoms with van der Waals surface area (Å²) in [5.74, 6) is 0. The van der Waals surface area contributed by atoms with Gasteiger partial charge in [-0.05, 0) is 0 Å². The van der Waals surface area contributed by atoms with Gasteiger partial charge in [0.2, 0.25) is 0 Å². The van der Waals surface area contributed by atoms with Gasteiger partial charge in [-0.25, -0.2) is 0 Å². The van der Waals surface area contributed by atoms with Crippen LogP contribution in [-0.2, 0) is 7.96 Å². The smallest absolute Gasteiger partial charge is 0.144 e. The van der Waals surface area contributed by atoms with Crippen LogP contribution in [0.15, 0.2) is 0 Å². The van der Waals surface area contributed by atoms with Crippen LogP contribution in [0.1, 0.15) is 0 Å². The monoisotopic (exact) mass is 190 g/mol. The summed E-state index contributed by atoms with van der Waals surface area (Å²) in [6.45, 7) is 0. The van der Waals surface area contributed by atoms with Gasteiger partial charge in [-0.3, -0.25) is 0 Å². The Bertz CT molecular complexity index is 6.00. The van der Waals surface area contributed by atoms with Crippen molar-refractivity contribution in [3.05, 3.63) is 0 Å². The molecule has 0 aromatic rings. The zero-order valence-corrected chi connectivity index (χ0v) is 4.74. The molecule has 0 fully saturated rings. The largest absolute Gasteiger partial charge is 0.144 e. The molecule has 0 unspecified atom stereocenters. The van der Waals surface area contributed by atoms with Crippen LogP contribution in [0.3, 0.4) is 0 Å². The van der Waals surface area contributed by atoms with E-state index in [4.69, 9.17) is 0 Å². The Labute approximate surface area is 40.9 Å². The van der Waals surface area contributed by atoms with Crippen molar-refractivity contribution in [3.63, 3.8) is 0 Å². The van der Waals surface area contributed by atoms with Crippen LogP contribution in [0.4, 0.5) is 0 Å². The summed E-state index contributed by atoms with van der Waals surface area (Å²) >= 11 is 4.96. The fourth-order valence-electron chi connectivity index (χ4n) is 0. The molecule has 2 nitrogen and oxygen atoms in total. The van der Waals surface area contributed by atoms with Gasteiger partial charge in [0.25, 0.3) is 0 Å². The topological polar surface area (TPSA) is 18.5 Å². The van der Waals surface area contributed by atoms with Gasteiger partial charge >= 0.3 is 0 Å². The Morgan fingerprint density at radius 2 is 1.25 bits per heavy atom. The van der Waals surface area contributed by atoms with Gasteiger partial charge in [0, 0.05) is 0 Å². The van der Waals surface area contributed by atoms with Crippen LogP contribution in [-0.4, -0.2) is 0 Å². The van der Waals surface area contributed by atoms with Gasteiger partial charge in [-0.1, -0.05) is 0 Å². The van der Waals surface area contributed by atoms with Crippen molar-refractivity contribution in [1.82, 2.24) is 0 Å². The second kappa shape index (κ2) is 3.88. The molecule has 0 amide bonds. The molecular formula is Br2O2. The van der Waals surface area contributed by atoms with Crippen molar-refractivity contribution >= 4 is 32.5 Å². The maximum atomic E-state index is 3.77. The molecule has 0 radical (unpaired) electrons. The molecule has 0 aromatic heterocycles. The standard InChI is InChI=1S/Br2O2/c1-3-4-2. The first-order chi connectivity index (χ1) is 1.91. The molecule has 0 aliphatic heterocycles. The predicted octanol–water partition coefficient (Wildman–Crippen LogP) is 1.55. The van der Waals surface area contributed by atoms with E-state index in [0.717, 1.165) is 0 Å². The minimum absolute atomic E-state index is 2.48. The van der Waals surface area contributed by atoms with Crippen LogP contribution < -0.4 is 0 Å². The molecule has 0 aliphatic carbocycles. The Balaban J connectivity index is 1.97. The van der Waals surface area contributed by atoms with Crippen molar-refractivity contribution in [2.45, 2.75) is 0 Å². The van der Waals surface area contributed by atoms with E-state index in [2.05, 4.69) is 40.5 Å². The SMILES string of the molecule is BrOOBr. The number of rotatable bonds is 1. The number of hydrogen-bond donors (Lipinski definition) is 0. The van der Waals surface area contributed by atoms with Gasteiger partial charge in [-0.15, -0.1) is 7.96 Å². The zero-order valence-electron chi connectivity index (χ0n) is 1.57. The second-order valence-electron chi connectivity index (χ2n) is 0.126. The number of halogens is 2. The van der Waals surface area contributed by atoms with Crippen molar-refractivity contribution < 1.29 is 7.96 Å². The van der Waals surface area contributed by atoms with Crippen molar-refractivity contribution in [2.24, 2.45) is 0 Å². The highest BCUT2D eigenvalue weighted by atomic mass is 79.9. The van der Waals surface area contributed by atoms with Gasteiger partial charge in [0.1, 0.15) is 32.5 Å². The molecule has 0 saturated heterocycles. The van der Waals surface area contributed by atoms with Gasteiger partial charge in [0.05, 0.1) is 0 Å². The van der Waals surface area contributed by atoms with Crippen LogP contribution in [0, 0.1) is 0 Å². The van der Waals surface area contributed by atoms with Gasteiger partial charge in [0.15, 0.2) is 0 Å². The Morgan fingerprint density at radius 1 is 1.00 bits per heavy atom. The highest BCUT2D eigenvalue weighted by molar-refractivity contribution is 9.07. The molecule has 0 aliphatic rings. The summed E-state index contributed by atoms with van der Waals surface area (Å²) in [6, 6.07) is 0. The average Bonchev–Trinajstić information content (AvgIpc) is 1.37. The summed E-state index contributed by atoms with van der Waals surface area (Å²) in [6.07, 6.45) is 0. The minimum Gasteiger partial charge on any atom is -0.144 e. The Morgan fingerprint density at radius 3 is 1.25 bits per heavy atom. The van der Waals surface area contributed by atoms with Crippen LogP contribution >= 0.6 is 32.5 Å². The molecule has 4 heteroatoms. The highest BCUT2D eigenvalue weighted by Gasteiger charge is 1.56. The van der Waals surface area contributed by atoms with Crippen molar-refractivity contribution in [2.75, 3.05) is 0 Å². The first kappa shape index (κ1) is 4.88. The fraction of sp³-hybridized carbons (Fsp3) is 0. The normalized spacial score (nSPS) is 7.50. The summed E-state index contributed by atoms with van der Waals surface area (Å²) in [7, 11) is 0. The van der Waals surface area contributed by atoms with Crippen LogP contribution in [0.2, 0.25) is 0 Å². The summed E-state index contributed by atoms with van der Waals surface area (Å²) in [5, 5.41) is 0. The van der Waals surface area contributed by atoms with E-state index < -0.39 is 0 Å². The van der Waals surface area contributed by atoms with E-state index in [1.165, 1.54) is 0 Å². The van der Waals surface area contributed by atoms with E-state index in [9.17, 15) is 0 Å². The van der Waals surface area contributed by atoms with Crippen LogP contribution in [0.25, 0.3) is 0 Å². The first-order valence-electron chi connectivity index (χ1n) is 0.475. The molecule has 0 saturated carbocycles. The quantitative estimate of drug-likeness (QED) is 0.463. The van der Waals surface area contributed by atoms with Crippen molar-refractivity contribution in [3.8, 4) is 0 Å². The molecule has 26 valence electrons. The van der Waals surface area contributed by atoms with E-state index in [0.29, 0.717) is 0 Å². The lowest BCUT2D eigenvalue weighted by Crippen LogP contribution is -1.49. The third-order valence-electron chi connectivity index (χ3n) is 0.0238. The first-order valence-corrected chi connectivity index (χ1v) is 1.77. The van der Waals surface area contributed by atoms with Crippen molar-refractivity contribution in [1.29, 1.82) is 0 Å². The minimum atomic E-state index is 2.48. The van der Waals surface area contributed by atoms with Gasteiger partial charge < -0.3 is 0 Å². The maximum Gasteiger partial charge on any atom is 0.144 e. The second-order valence-corrected chi connectivity index (χ2v) is 0.655. The summed E-state index contributed by atoms with van der Waals surface area (Å²) < 4.78 is 7.54. The predicted molar refractivity (Wildman–Crippen MR) is 20.0 cm³/mol. The number of hydrogen-bond acceptors (Lipinski definition) is 2.